The van der Waals surface area contributed by atoms with Crippen LogP contribution in [0, 0.1) is 18.3 Å². The van der Waals surface area contributed by atoms with E-state index < -0.39 is 0 Å². The van der Waals surface area contributed by atoms with E-state index in [4.69, 9.17) is 10.00 Å². The van der Waals surface area contributed by atoms with Gasteiger partial charge in [-0.25, -0.2) is 9.97 Å². The summed E-state index contributed by atoms with van der Waals surface area (Å²) in [6.45, 7) is 2.53. The summed E-state index contributed by atoms with van der Waals surface area (Å²) in [6.07, 6.45) is 3.78. The second kappa shape index (κ2) is 9.85. The first-order valence-electron chi connectivity index (χ1n) is 9.17. The molecule has 1 amide bonds. The molecule has 0 spiro atoms. The van der Waals surface area contributed by atoms with Gasteiger partial charge in [-0.15, -0.1) is 0 Å². The van der Waals surface area contributed by atoms with Crippen LogP contribution in [0.25, 0.3) is 0 Å². The number of hydrogen-bond acceptors (Lipinski definition) is 6. The Morgan fingerprint density at radius 1 is 1.14 bits per heavy atom. The maximum Gasteiger partial charge on any atom is 0.262 e. The number of carbonyl (C=O) groups excluding carboxylic acids is 1. The lowest BCUT2D eigenvalue weighted by molar-refractivity contribution is -0.118. The SMILES string of the molecule is Cc1cccc(NC(=O)COc2ccc(CCNc3nccnc3C#N)cc2)c1. The van der Waals surface area contributed by atoms with Crippen molar-refractivity contribution < 1.29 is 9.53 Å². The molecule has 0 saturated heterocycles. The van der Waals surface area contributed by atoms with Crippen LogP contribution in [-0.2, 0) is 11.2 Å². The zero-order valence-electron chi connectivity index (χ0n) is 16.1. The minimum Gasteiger partial charge on any atom is -0.484 e. The van der Waals surface area contributed by atoms with Crippen LogP contribution in [0.5, 0.6) is 5.75 Å². The van der Waals surface area contributed by atoms with Crippen molar-refractivity contribution in [3.05, 3.63) is 77.7 Å². The highest BCUT2D eigenvalue weighted by Crippen LogP contribution is 2.14. The normalized spacial score (nSPS) is 10.1. The molecule has 0 bridgehead atoms. The van der Waals surface area contributed by atoms with Gasteiger partial charge in [-0.1, -0.05) is 24.3 Å². The van der Waals surface area contributed by atoms with Crippen molar-refractivity contribution in [1.29, 1.82) is 5.26 Å². The topological polar surface area (TPSA) is 99.9 Å². The minimum absolute atomic E-state index is 0.0571. The molecule has 0 unspecified atom stereocenters. The molecule has 3 rings (SSSR count). The summed E-state index contributed by atoms with van der Waals surface area (Å²) < 4.78 is 5.55. The third-order valence-electron chi connectivity index (χ3n) is 4.11. The predicted molar refractivity (Wildman–Crippen MR) is 111 cm³/mol. The predicted octanol–water partition coefficient (Wildman–Crippen LogP) is 3.33. The molecule has 7 nitrogen and oxygen atoms in total. The Kier molecular flexibility index (Phi) is 6.74. The molecule has 29 heavy (non-hydrogen) atoms. The number of rotatable bonds is 8. The molecule has 0 radical (unpaired) electrons. The van der Waals surface area contributed by atoms with Crippen LogP contribution in [0.2, 0.25) is 0 Å². The van der Waals surface area contributed by atoms with Crippen LogP contribution in [0.15, 0.2) is 60.9 Å². The molecule has 1 heterocycles. The van der Waals surface area contributed by atoms with Gasteiger partial charge in [0.25, 0.3) is 5.91 Å². The number of anilines is 2. The molecule has 2 aromatic carbocycles. The smallest absolute Gasteiger partial charge is 0.262 e. The highest BCUT2D eigenvalue weighted by Gasteiger charge is 2.05. The van der Waals surface area contributed by atoms with E-state index in [1.165, 1.54) is 6.20 Å². The van der Waals surface area contributed by atoms with Crippen molar-refractivity contribution in [2.24, 2.45) is 0 Å². The fraction of sp³-hybridized carbons (Fsp3) is 0.182. The van der Waals surface area contributed by atoms with Gasteiger partial charge < -0.3 is 15.4 Å². The summed E-state index contributed by atoms with van der Waals surface area (Å²) >= 11 is 0. The van der Waals surface area contributed by atoms with Crippen molar-refractivity contribution in [3.8, 4) is 11.8 Å². The molecule has 1 aromatic heterocycles. The van der Waals surface area contributed by atoms with E-state index in [0.29, 0.717) is 18.1 Å². The van der Waals surface area contributed by atoms with Gasteiger partial charge in [-0.05, 0) is 48.7 Å². The Labute approximate surface area is 169 Å². The molecule has 0 saturated carbocycles. The van der Waals surface area contributed by atoms with Gasteiger partial charge in [-0.3, -0.25) is 4.79 Å². The van der Waals surface area contributed by atoms with Gasteiger partial charge in [-0.2, -0.15) is 5.26 Å². The second-order valence-corrected chi connectivity index (χ2v) is 6.39. The molecule has 0 fully saturated rings. The first-order chi connectivity index (χ1) is 14.1. The number of nitrogens with one attached hydrogen (secondary N) is 2. The molecule has 146 valence electrons. The van der Waals surface area contributed by atoms with Crippen LogP contribution in [0.3, 0.4) is 0 Å². The number of aryl methyl sites for hydroxylation is 1. The average Bonchev–Trinajstić information content (AvgIpc) is 2.73. The fourth-order valence-electron chi connectivity index (χ4n) is 2.70. The number of aromatic nitrogens is 2. The van der Waals surface area contributed by atoms with Crippen molar-refractivity contribution in [3.63, 3.8) is 0 Å². The lowest BCUT2D eigenvalue weighted by atomic mass is 10.1. The molecular weight excluding hydrogens is 366 g/mol. The zero-order valence-corrected chi connectivity index (χ0v) is 16.1. The summed E-state index contributed by atoms with van der Waals surface area (Å²) in [5, 5.41) is 14.9. The summed E-state index contributed by atoms with van der Waals surface area (Å²) in [4.78, 5) is 20.1. The Balaban J connectivity index is 1.44. The van der Waals surface area contributed by atoms with Crippen molar-refractivity contribution >= 4 is 17.4 Å². The molecule has 3 aromatic rings. The van der Waals surface area contributed by atoms with E-state index in [0.717, 1.165) is 23.2 Å². The van der Waals surface area contributed by atoms with Crippen LogP contribution in [0.1, 0.15) is 16.8 Å². The minimum atomic E-state index is -0.207. The molecule has 0 atom stereocenters. The third-order valence-corrected chi connectivity index (χ3v) is 4.11. The lowest BCUT2D eigenvalue weighted by Gasteiger charge is -2.09. The van der Waals surface area contributed by atoms with Gasteiger partial charge in [0.2, 0.25) is 0 Å². The average molecular weight is 387 g/mol. The largest absolute Gasteiger partial charge is 0.484 e. The van der Waals surface area contributed by atoms with Crippen LogP contribution < -0.4 is 15.4 Å². The van der Waals surface area contributed by atoms with E-state index in [1.807, 2.05) is 61.5 Å². The van der Waals surface area contributed by atoms with Gasteiger partial charge in [0.15, 0.2) is 18.1 Å². The maximum atomic E-state index is 12.0. The number of nitrogens with zero attached hydrogens (tertiary/aromatic N) is 3. The monoisotopic (exact) mass is 387 g/mol. The first-order valence-corrected chi connectivity index (χ1v) is 9.17. The molecule has 0 aliphatic carbocycles. The second-order valence-electron chi connectivity index (χ2n) is 6.39. The molecule has 7 heteroatoms. The quantitative estimate of drug-likeness (QED) is 0.615. The lowest BCUT2D eigenvalue weighted by Crippen LogP contribution is -2.20. The van der Waals surface area contributed by atoms with Crippen molar-refractivity contribution in [2.75, 3.05) is 23.8 Å². The van der Waals surface area contributed by atoms with Crippen LogP contribution in [-0.4, -0.2) is 29.0 Å². The van der Waals surface area contributed by atoms with Gasteiger partial charge in [0, 0.05) is 24.6 Å². The number of ether oxygens (including phenoxy) is 1. The Bertz CT molecular complexity index is 1010. The van der Waals surface area contributed by atoms with Crippen molar-refractivity contribution in [2.45, 2.75) is 13.3 Å². The van der Waals surface area contributed by atoms with Crippen molar-refractivity contribution in [1.82, 2.24) is 9.97 Å². The summed E-state index contributed by atoms with van der Waals surface area (Å²) in [7, 11) is 0. The maximum absolute atomic E-state index is 12.0. The van der Waals surface area contributed by atoms with Crippen LogP contribution >= 0.6 is 0 Å². The molecular formula is C22H21N5O2. The number of benzene rings is 2. The number of amides is 1. The van der Waals surface area contributed by atoms with Gasteiger partial charge >= 0.3 is 0 Å². The first kappa shape index (κ1) is 19.8. The van der Waals surface area contributed by atoms with E-state index in [-0.39, 0.29) is 18.2 Å². The van der Waals surface area contributed by atoms with E-state index in [1.54, 1.807) is 6.20 Å². The molecule has 0 aliphatic heterocycles. The molecule has 2 N–H and O–H groups in total. The number of carbonyl (C=O) groups is 1. The van der Waals surface area contributed by atoms with Gasteiger partial charge in [0.05, 0.1) is 0 Å². The Hall–Kier alpha value is -3.92. The third kappa shape index (κ3) is 6.04. The summed E-state index contributed by atoms with van der Waals surface area (Å²) in [5.74, 6) is 0.900. The highest BCUT2D eigenvalue weighted by atomic mass is 16.5. The number of hydrogen-bond donors (Lipinski definition) is 2. The Morgan fingerprint density at radius 2 is 1.93 bits per heavy atom. The fourth-order valence-corrected chi connectivity index (χ4v) is 2.70. The highest BCUT2D eigenvalue weighted by molar-refractivity contribution is 5.91. The summed E-state index contributed by atoms with van der Waals surface area (Å²) in [5.41, 5.74) is 3.21. The van der Waals surface area contributed by atoms with E-state index >= 15 is 0 Å². The van der Waals surface area contributed by atoms with E-state index in [9.17, 15) is 4.79 Å². The standard InChI is InChI=1S/C22H21N5O2/c1-16-3-2-4-18(13-16)27-21(28)15-29-19-7-5-17(6-8-19)9-10-25-22-20(14-23)24-11-12-26-22/h2-8,11-13H,9-10,15H2,1H3,(H,25,26)(H,27,28). The van der Waals surface area contributed by atoms with E-state index in [2.05, 4.69) is 20.6 Å². The summed E-state index contributed by atoms with van der Waals surface area (Å²) in [6, 6.07) is 17.2. The van der Waals surface area contributed by atoms with Crippen LogP contribution in [0.4, 0.5) is 11.5 Å². The zero-order chi connectivity index (χ0) is 20.5. The number of nitriles is 1. The Morgan fingerprint density at radius 3 is 2.69 bits per heavy atom. The molecule has 0 aliphatic rings. The van der Waals surface area contributed by atoms with Gasteiger partial charge in [0.1, 0.15) is 11.8 Å².